The summed E-state index contributed by atoms with van der Waals surface area (Å²) in [7, 11) is 0. The van der Waals surface area contributed by atoms with Crippen molar-refractivity contribution in [2.24, 2.45) is 5.73 Å². The van der Waals surface area contributed by atoms with E-state index in [0.29, 0.717) is 0 Å². The van der Waals surface area contributed by atoms with Crippen molar-refractivity contribution in [1.82, 2.24) is 16.0 Å². The van der Waals surface area contributed by atoms with Gasteiger partial charge >= 0.3 is 11.9 Å². The van der Waals surface area contributed by atoms with E-state index in [-0.39, 0.29) is 5.75 Å². The van der Waals surface area contributed by atoms with Crippen molar-refractivity contribution in [3.63, 3.8) is 0 Å². The molecule has 4 atom stereocenters. The Bertz CT molecular complexity index is 558. The molecule has 0 radical (unpaired) electrons. The zero-order valence-corrected chi connectivity index (χ0v) is 14.7. The van der Waals surface area contributed by atoms with Crippen LogP contribution in [0, 0.1) is 0 Å². The first-order valence-corrected chi connectivity index (χ1v) is 7.99. The highest BCUT2D eigenvalue weighted by atomic mass is 32.1. The van der Waals surface area contributed by atoms with E-state index in [9.17, 15) is 24.0 Å². The van der Waals surface area contributed by atoms with Crippen molar-refractivity contribution >= 4 is 42.3 Å². The summed E-state index contributed by atoms with van der Waals surface area (Å²) >= 11 is 3.76. The minimum Gasteiger partial charge on any atom is -0.481 e. The average molecular weight is 394 g/mol. The maximum absolute atomic E-state index is 12.1. The molecular weight excluding hydrogens is 372 g/mol. The normalized spacial score (nSPS) is 15.1. The number of rotatable bonds is 11. The van der Waals surface area contributed by atoms with Crippen LogP contribution in [0.5, 0.6) is 0 Å². The SMILES string of the molecule is CC(NC(=O)C(N)CO)C(=O)NC(CC(=O)O)C(=O)NC(CS)C(=O)O. The number of thiol groups is 1. The van der Waals surface area contributed by atoms with Crippen LogP contribution < -0.4 is 21.7 Å². The molecule has 0 aliphatic carbocycles. The Morgan fingerprint density at radius 2 is 1.50 bits per heavy atom. The number of aliphatic carboxylic acids is 2. The molecule has 26 heavy (non-hydrogen) atoms. The maximum Gasteiger partial charge on any atom is 0.327 e. The topological polar surface area (TPSA) is 208 Å². The largest absolute Gasteiger partial charge is 0.481 e. The summed E-state index contributed by atoms with van der Waals surface area (Å²) in [4.78, 5) is 57.4. The van der Waals surface area contributed by atoms with Crippen LogP contribution in [0.25, 0.3) is 0 Å². The second kappa shape index (κ2) is 11.3. The van der Waals surface area contributed by atoms with Crippen molar-refractivity contribution in [2.75, 3.05) is 12.4 Å². The fraction of sp³-hybridized carbons (Fsp3) is 0.615. The Kier molecular flexibility index (Phi) is 10.2. The number of amides is 3. The molecule has 0 spiro atoms. The second-order valence-electron chi connectivity index (χ2n) is 5.26. The molecule has 4 unspecified atom stereocenters. The Hall–Kier alpha value is -2.38. The van der Waals surface area contributed by atoms with Gasteiger partial charge in [-0.25, -0.2) is 4.79 Å². The zero-order valence-electron chi connectivity index (χ0n) is 13.8. The molecule has 0 aromatic carbocycles. The van der Waals surface area contributed by atoms with Gasteiger partial charge in [0, 0.05) is 5.75 Å². The molecule has 3 amide bonds. The van der Waals surface area contributed by atoms with Gasteiger partial charge in [-0.2, -0.15) is 12.6 Å². The maximum atomic E-state index is 12.1. The van der Waals surface area contributed by atoms with Gasteiger partial charge in [0.25, 0.3) is 0 Å². The molecule has 0 bridgehead atoms. The van der Waals surface area contributed by atoms with Gasteiger partial charge in [0.1, 0.15) is 24.2 Å². The molecule has 12 nitrogen and oxygen atoms in total. The number of hydrogen-bond donors (Lipinski definition) is 8. The number of carboxylic acid groups (broad SMARTS) is 2. The van der Waals surface area contributed by atoms with E-state index in [2.05, 4.69) is 28.6 Å². The van der Waals surface area contributed by atoms with Crippen LogP contribution in [0.1, 0.15) is 13.3 Å². The van der Waals surface area contributed by atoms with Crippen LogP contribution in [0.15, 0.2) is 0 Å². The second-order valence-corrected chi connectivity index (χ2v) is 5.63. The van der Waals surface area contributed by atoms with E-state index in [1.807, 2.05) is 0 Å². The van der Waals surface area contributed by atoms with E-state index in [4.69, 9.17) is 21.1 Å². The van der Waals surface area contributed by atoms with Crippen LogP contribution in [0.4, 0.5) is 0 Å². The number of carboxylic acids is 2. The molecule has 0 saturated carbocycles. The molecule has 0 rings (SSSR count). The minimum absolute atomic E-state index is 0.250. The zero-order chi connectivity index (χ0) is 20.4. The lowest BCUT2D eigenvalue weighted by Crippen LogP contribution is -2.57. The highest BCUT2D eigenvalue weighted by molar-refractivity contribution is 7.80. The lowest BCUT2D eigenvalue weighted by molar-refractivity contribution is -0.143. The Morgan fingerprint density at radius 1 is 0.962 bits per heavy atom. The van der Waals surface area contributed by atoms with E-state index in [0.717, 1.165) is 0 Å². The number of aliphatic hydroxyl groups is 1. The molecule has 13 heteroatoms. The summed E-state index contributed by atoms with van der Waals surface area (Å²) in [6.07, 6.45) is -0.812. The molecule has 8 N–H and O–H groups in total. The first-order chi connectivity index (χ1) is 12.0. The summed E-state index contributed by atoms with van der Waals surface area (Å²) in [5, 5.41) is 32.8. The van der Waals surface area contributed by atoms with Crippen LogP contribution in [-0.2, 0) is 24.0 Å². The minimum atomic E-state index is -1.58. The fourth-order valence-corrected chi connectivity index (χ4v) is 1.85. The van der Waals surface area contributed by atoms with Gasteiger partial charge < -0.3 is 37.0 Å². The van der Waals surface area contributed by atoms with Crippen molar-refractivity contribution in [3.8, 4) is 0 Å². The number of aliphatic hydroxyl groups excluding tert-OH is 1. The fourth-order valence-electron chi connectivity index (χ4n) is 1.61. The predicted octanol–water partition coefficient (Wildman–Crippen LogP) is -3.73. The molecule has 0 aliphatic rings. The van der Waals surface area contributed by atoms with Crippen molar-refractivity contribution in [3.05, 3.63) is 0 Å². The summed E-state index contributed by atoms with van der Waals surface area (Å²) in [6, 6.07) is -5.40. The third-order valence-electron chi connectivity index (χ3n) is 3.09. The summed E-state index contributed by atoms with van der Waals surface area (Å²) in [6.45, 7) is 0.603. The van der Waals surface area contributed by atoms with Crippen LogP contribution >= 0.6 is 12.6 Å². The molecule has 0 heterocycles. The Labute approximate surface area is 153 Å². The third kappa shape index (κ3) is 8.13. The molecule has 0 aromatic rings. The van der Waals surface area contributed by atoms with Gasteiger partial charge in [0.15, 0.2) is 0 Å². The molecule has 0 saturated heterocycles. The number of hydrogen-bond acceptors (Lipinski definition) is 8. The summed E-state index contributed by atoms with van der Waals surface area (Å²) in [5.41, 5.74) is 5.28. The Balaban J connectivity index is 5.00. The molecule has 0 aromatic heterocycles. The third-order valence-corrected chi connectivity index (χ3v) is 3.46. The summed E-state index contributed by atoms with van der Waals surface area (Å²) < 4.78 is 0. The van der Waals surface area contributed by atoms with E-state index >= 15 is 0 Å². The van der Waals surface area contributed by atoms with Crippen molar-refractivity contribution in [2.45, 2.75) is 37.5 Å². The van der Waals surface area contributed by atoms with Crippen molar-refractivity contribution < 1.29 is 39.3 Å². The summed E-state index contributed by atoms with van der Waals surface area (Å²) in [5.74, 6) is -5.80. The van der Waals surface area contributed by atoms with Gasteiger partial charge in [0.2, 0.25) is 17.7 Å². The van der Waals surface area contributed by atoms with E-state index < -0.39 is 66.9 Å². The quantitative estimate of drug-likeness (QED) is 0.162. The monoisotopic (exact) mass is 394 g/mol. The Morgan fingerprint density at radius 3 is 1.92 bits per heavy atom. The standard InChI is InChI=1S/C13H22N4O8S/c1-5(15-11(22)6(14)3-18)10(21)16-7(2-9(19)20)12(23)17-8(4-26)13(24)25/h5-8,18,26H,2-4,14H2,1H3,(H,15,22)(H,16,21)(H,17,23)(H,19,20)(H,24,25). The number of carbonyl (C=O) groups excluding carboxylic acids is 3. The number of nitrogens with two attached hydrogens (primary N) is 1. The molecule has 0 fully saturated rings. The lowest BCUT2D eigenvalue weighted by atomic mass is 10.1. The smallest absolute Gasteiger partial charge is 0.327 e. The van der Waals surface area contributed by atoms with Crippen molar-refractivity contribution in [1.29, 1.82) is 0 Å². The van der Waals surface area contributed by atoms with Crippen LogP contribution in [0.3, 0.4) is 0 Å². The van der Waals surface area contributed by atoms with Gasteiger partial charge in [-0.3, -0.25) is 19.2 Å². The lowest BCUT2D eigenvalue weighted by Gasteiger charge is -2.22. The molecule has 148 valence electrons. The highest BCUT2D eigenvalue weighted by Gasteiger charge is 2.29. The van der Waals surface area contributed by atoms with E-state index in [1.165, 1.54) is 6.92 Å². The highest BCUT2D eigenvalue weighted by Crippen LogP contribution is 1.98. The van der Waals surface area contributed by atoms with Gasteiger partial charge in [-0.05, 0) is 6.92 Å². The number of carbonyl (C=O) groups is 5. The first kappa shape index (κ1) is 23.6. The van der Waals surface area contributed by atoms with Crippen LogP contribution in [-0.4, -0.2) is 81.5 Å². The first-order valence-electron chi connectivity index (χ1n) is 7.36. The molecular formula is C13H22N4O8S. The van der Waals surface area contributed by atoms with Gasteiger partial charge in [-0.1, -0.05) is 0 Å². The number of nitrogens with one attached hydrogen (secondary N) is 3. The van der Waals surface area contributed by atoms with Gasteiger partial charge in [0.05, 0.1) is 13.0 Å². The predicted molar refractivity (Wildman–Crippen MR) is 90.3 cm³/mol. The van der Waals surface area contributed by atoms with Gasteiger partial charge in [-0.15, -0.1) is 0 Å². The van der Waals surface area contributed by atoms with Crippen LogP contribution in [0.2, 0.25) is 0 Å². The van der Waals surface area contributed by atoms with E-state index in [1.54, 1.807) is 0 Å². The molecule has 0 aliphatic heterocycles. The average Bonchev–Trinajstić information content (AvgIpc) is 2.56.